The molecule has 122 valence electrons. The van der Waals surface area contributed by atoms with E-state index in [9.17, 15) is 13.2 Å². The molecule has 0 saturated carbocycles. The average Bonchev–Trinajstić information content (AvgIpc) is 2.78. The van der Waals surface area contributed by atoms with Gasteiger partial charge in [0.2, 0.25) is 0 Å². The smallest absolute Gasteiger partial charge is 0.315 e. The first kappa shape index (κ1) is 16.6. The van der Waals surface area contributed by atoms with E-state index in [1.807, 2.05) is 43.3 Å². The zero-order valence-corrected chi connectivity index (χ0v) is 13.8. The summed E-state index contributed by atoms with van der Waals surface area (Å²) in [5, 5.41) is 5.48. The van der Waals surface area contributed by atoms with E-state index in [1.54, 1.807) is 0 Å². The quantitative estimate of drug-likeness (QED) is 0.839. The normalized spacial score (nSPS) is 19.6. The summed E-state index contributed by atoms with van der Waals surface area (Å²) < 4.78 is 22.6. The van der Waals surface area contributed by atoms with Crippen LogP contribution in [-0.2, 0) is 16.3 Å². The molecule has 1 atom stereocenters. The molecule has 0 bridgehead atoms. The number of amides is 2. The van der Waals surface area contributed by atoms with Gasteiger partial charge < -0.3 is 15.5 Å². The van der Waals surface area contributed by atoms with Gasteiger partial charge in [0.15, 0.2) is 9.84 Å². The highest BCUT2D eigenvalue weighted by Gasteiger charge is 2.28. The fraction of sp³-hybridized carbons (Fsp3) is 0.533. The zero-order valence-electron chi connectivity index (χ0n) is 13.0. The summed E-state index contributed by atoms with van der Waals surface area (Å²) in [6.07, 6.45) is 1.24. The van der Waals surface area contributed by atoms with Gasteiger partial charge in [0.25, 0.3) is 0 Å². The van der Waals surface area contributed by atoms with Crippen LogP contribution in [-0.4, -0.2) is 52.6 Å². The molecule has 0 radical (unpaired) electrons. The van der Waals surface area contributed by atoms with E-state index in [2.05, 4.69) is 10.6 Å². The number of nitrogens with zero attached hydrogens (tertiary/aromatic N) is 1. The Labute approximate surface area is 131 Å². The molecule has 1 aromatic rings. The predicted molar refractivity (Wildman–Crippen MR) is 88.1 cm³/mol. The molecule has 0 spiro atoms. The Morgan fingerprint density at radius 3 is 2.50 bits per heavy atom. The molecule has 0 aromatic heterocycles. The van der Waals surface area contributed by atoms with Crippen molar-refractivity contribution in [2.75, 3.05) is 37.0 Å². The highest BCUT2D eigenvalue weighted by molar-refractivity contribution is 7.91. The Morgan fingerprint density at radius 2 is 1.95 bits per heavy atom. The number of hydrogen-bond acceptors (Lipinski definition) is 4. The monoisotopic (exact) mass is 325 g/mol. The van der Waals surface area contributed by atoms with Crippen LogP contribution in [0.5, 0.6) is 0 Å². The molecule has 6 nitrogen and oxygen atoms in total. The highest BCUT2D eigenvalue weighted by Crippen LogP contribution is 2.12. The van der Waals surface area contributed by atoms with Gasteiger partial charge in [-0.15, -0.1) is 0 Å². The van der Waals surface area contributed by atoms with Gasteiger partial charge in [-0.05, 0) is 30.5 Å². The van der Waals surface area contributed by atoms with Crippen molar-refractivity contribution in [1.29, 1.82) is 0 Å². The van der Waals surface area contributed by atoms with Gasteiger partial charge in [-0.3, -0.25) is 0 Å². The number of carbonyl (C=O) groups is 1. The van der Waals surface area contributed by atoms with Crippen molar-refractivity contribution in [2.24, 2.45) is 0 Å². The minimum Gasteiger partial charge on any atom is -0.378 e. The van der Waals surface area contributed by atoms with E-state index in [4.69, 9.17) is 0 Å². The largest absolute Gasteiger partial charge is 0.378 e. The summed E-state index contributed by atoms with van der Waals surface area (Å²) in [7, 11) is 1.02. The second-order valence-corrected chi connectivity index (χ2v) is 8.04. The minimum absolute atomic E-state index is 0.0480. The first-order valence-corrected chi connectivity index (χ1v) is 9.19. The van der Waals surface area contributed by atoms with Gasteiger partial charge in [-0.2, -0.15) is 0 Å². The summed E-state index contributed by atoms with van der Waals surface area (Å²) in [5.74, 6) is 0.211. The third-order valence-electron chi connectivity index (χ3n) is 3.72. The van der Waals surface area contributed by atoms with Gasteiger partial charge in [-0.1, -0.05) is 12.1 Å². The molecule has 0 aliphatic carbocycles. The Kier molecular flexibility index (Phi) is 5.28. The van der Waals surface area contributed by atoms with Crippen molar-refractivity contribution < 1.29 is 13.2 Å². The van der Waals surface area contributed by atoms with Crippen LogP contribution in [0.15, 0.2) is 24.3 Å². The van der Waals surface area contributed by atoms with Crippen LogP contribution in [0.4, 0.5) is 10.5 Å². The van der Waals surface area contributed by atoms with E-state index in [0.717, 1.165) is 17.7 Å². The molecule has 1 saturated heterocycles. The number of urea groups is 1. The topological polar surface area (TPSA) is 78.5 Å². The number of nitrogens with one attached hydrogen (secondary N) is 2. The number of carbonyl (C=O) groups excluding carboxylic acids is 1. The van der Waals surface area contributed by atoms with E-state index in [0.29, 0.717) is 13.0 Å². The zero-order chi connectivity index (χ0) is 16.2. The number of rotatable bonds is 5. The SMILES string of the molecule is CN(C)c1ccc(CCNC(=O)NC2CCS(=O)(=O)C2)cc1. The molecule has 2 amide bonds. The van der Waals surface area contributed by atoms with E-state index in [1.165, 1.54) is 0 Å². The van der Waals surface area contributed by atoms with Gasteiger partial charge in [-0.25, -0.2) is 13.2 Å². The predicted octanol–water partition coefficient (Wildman–Crippen LogP) is 0.781. The molecular formula is C15H23N3O3S. The van der Waals surface area contributed by atoms with Crippen molar-refractivity contribution in [2.45, 2.75) is 18.9 Å². The lowest BCUT2D eigenvalue weighted by molar-refractivity contribution is 0.238. The lowest BCUT2D eigenvalue weighted by atomic mass is 10.1. The van der Waals surface area contributed by atoms with Crippen LogP contribution < -0.4 is 15.5 Å². The first-order valence-electron chi connectivity index (χ1n) is 7.37. The molecule has 2 N–H and O–H groups in total. The summed E-state index contributed by atoms with van der Waals surface area (Å²) >= 11 is 0. The Balaban J connectivity index is 1.71. The maximum Gasteiger partial charge on any atom is 0.315 e. The molecule has 1 aliphatic heterocycles. The summed E-state index contributed by atoms with van der Waals surface area (Å²) in [5.41, 5.74) is 2.28. The molecule has 1 fully saturated rings. The minimum atomic E-state index is -2.96. The Hall–Kier alpha value is -1.76. The van der Waals surface area contributed by atoms with Crippen LogP contribution in [0.1, 0.15) is 12.0 Å². The third kappa shape index (κ3) is 4.91. The van der Waals surface area contributed by atoms with E-state index in [-0.39, 0.29) is 23.6 Å². The van der Waals surface area contributed by atoms with Gasteiger partial charge in [0, 0.05) is 32.4 Å². The maximum atomic E-state index is 11.7. The van der Waals surface area contributed by atoms with Gasteiger partial charge in [0.1, 0.15) is 0 Å². The molecular weight excluding hydrogens is 302 g/mol. The van der Waals surface area contributed by atoms with Crippen molar-refractivity contribution >= 4 is 21.6 Å². The summed E-state index contributed by atoms with van der Waals surface area (Å²) in [6.45, 7) is 0.520. The lowest BCUT2D eigenvalue weighted by Gasteiger charge is -2.13. The molecule has 2 rings (SSSR count). The highest BCUT2D eigenvalue weighted by atomic mass is 32.2. The molecule has 7 heteroatoms. The lowest BCUT2D eigenvalue weighted by Crippen LogP contribution is -2.43. The molecule has 1 aliphatic rings. The number of anilines is 1. The first-order chi connectivity index (χ1) is 10.4. The molecule has 22 heavy (non-hydrogen) atoms. The maximum absolute atomic E-state index is 11.7. The van der Waals surface area contributed by atoms with E-state index < -0.39 is 9.84 Å². The Bertz CT molecular complexity index is 611. The molecule has 1 heterocycles. The molecule has 1 aromatic carbocycles. The van der Waals surface area contributed by atoms with Crippen molar-refractivity contribution in [3.63, 3.8) is 0 Å². The standard InChI is InChI=1S/C15H23N3O3S/c1-18(2)14-5-3-12(4-6-14)7-9-16-15(19)17-13-8-10-22(20,21)11-13/h3-6,13H,7-11H2,1-2H3,(H2,16,17,19). The van der Waals surface area contributed by atoms with Crippen LogP contribution in [0.3, 0.4) is 0 Å². The molecule has 1 unspecified atom stereocenters. The van der Waals surface area contributed by atoms with Crippen LogP contribution in [0.2, 0.25) is 0 Å². The van der Waals surface area contributed by atoms with Crippen LogP contribution >= 0.6 is 0 Å². The number of sulfone groups is 1. The number of benzene rings is 1. The second kappa shape index (κ2) is 7.00. The van der Waals surface area contributed by atoms with Crippen molar-refractivity contribution in [3.05, 3.63) is 29.8 Å². The summed E-state index contributed by atoms with van der Waals surface area (Å²) in [6, 6.07) is 7.60. The Morgan fingerprint density at radius 1 is 1.27 bits per heavy atom. The van der Waals surface area contributed by atoms with Crippen molar-refractivity contribution in [3.8, 4) is 0 Å². The average molecular weight is 325 g/mol. The van der Waals surface area contributed by atoms with Crippen molar-refractivity contribution in [1.82, 2.24) is 10.6 Å². The fourth-order valence-corrected chi connectivity index (χ4v) is 4.10. The summed E-state index contributed by atoms with van der Waals surface area (Å²) in [4.78, 5) is 13.8. The van der Waals surface area contributed by atoms with E-state index >= 15 is 0 Å². The van der Waals surface area contributed by atoms with Crippen LogP contribution in [0, 0.1) is 0 Å². The van der Waals surface area contributed by atoms with Gasteiger partial charge in [0.05, 0.1) is 11.5 Å². The fourth-order valence-electron chi connectivity index (χ4n) is 2.43. The number of hydrogen-bond donors (Lipinski definition) is 2. The van der Waals surface area contributed by atoms with Gasteiger partial charge >= 0.3 is 6.03 Å². The second-order valence-electron chi connectivity index (χ2n) is 5.81. The third-order valence-corrected chi connectivity index (χ3v) is 5.49. The van der Waals surface area contributed by atoms with Crippen LogP contribution in [0.25, 0.3) is 0 Å².